The van der Waals surface area contributed by atoms with Crippen LogP contribution in [0.5, 0.6) is 0 Å². The molecule has 2 aromatic rings. The molecule has 162 valence electrons. The first kappa shape index (κ1) is 21.4. The molecule has 0 saturated carbocycles. The molecule has 0 aliphatic carbocycles. The summed E-state index contributed by atoms with van der Waals surface area (Å²) >= 11 is 1.61. The van der Waals surface area contributed by atoms with Gasteiger partial charge in [0.15, 0.2) is 0 Å². The van der Waals surface area contributed by atoms with Crippen molar-refractivity contribution in [2.75, 3.05) is 0 Å². The summed E-state index contributed by atoms with van der Waals surface area (Å²) in [7, 11) is 0. The number of carbonyl (C=O) groups excluding carboxylic acids is 3. The standard InChI is InChI=1S/C24H27N3O3S/c1-14(2)25-20(28)18(15-10-6-5-7-11-15)26-21(29)19-24(3,4)31-23-17-13-9-8-12-16(17)22(30)27(19)23/h5-14,18-19,23H,1-4H3,(H,25,28)(H,26,29)/t18-,19+,23-/m0/s1. The summed E-state index contributed by atoms with van der Waals surface area (Å²) in [6.07, 6.45) is 0. The third kappa shape index (κ3) is 3.83. The average molecular weight is 438 g/mol. The van der Waals surface area contributed by atoms with Gasteiger partial charge >= 0.3 is 0 Å². The molecule has 2 aromatic carbocycles. The zero-order valence-corrected chi connectivity index (χ0v) is 18.9. The molecule has 0 unspecified atom stereocenters. The average Bonchev–Trinajstić information content (AvgIpc) is 3.15. The van der Waals surface area contributed by atoms with Gasteiger partial charge in [0.25, 0.3) is 5.91 Å². The third-order valence-electron chi connectivity index (χ3n) is 5.66. The van der Waals surface area contributed by atoms with Gasteiger partial charge < -0.3 is 15.5 Å². The molecule has 31 heavy (non-hydrogen) atoms. The van der Waals surface area contributed by atoms with Gasteiger partial charge in [0, 0.05) is 16.4 Å². The first-order chi connectivity index (χ1) is 14.7. The number of rotatable bonds is 5. The number of amides is 3. The minimum atomic E-state index is -0.837. The van der Waals surface area contributed by atoms with Gasteiger partial charge in [-0.05, 0) is 44.9 Å². The van der Waals surface area contributed by atoms with Gasteiger partial charge in [-0.15, -0.1) is 11.8 Å². The number of hydrogen-bond donors (Lipinski definition) is 2. The van der Waals surface area contributed by atoms with Gasteiger partial charge in [-0.1, -0.05) is 48.5 Å². The van der Waals surface area contributed by atoms with E-state index in [9.17, 15) is 14.4 Å². The molecule has 2 heterocycles. The van der Waals surface area contributed by atoms with Crippen LogP contribution in [0.4, 0.5) is 0 Å². The Morgan fingerprint density at radius 1 is 1.00 bits per heavy atom. The fourth-order valence-corrected chi connectivity index (χ4v) is 5.93. The van der Waals surface area contributed by atoms with E-state index in [0.29, 0.717) is 11.1 Å². The predicted molar refractivity (Wildman–Crippen MR) is 121 cm³/mol. The SMILES string of the molecule is CC(C)NC(=O)[C@@H](NC(=O)[C@H]1N2C(=O)c3ccccc3[C@@H]2SC1(C)C)c1ccccc1. The van der Waals surface area contributed by atoms with Crippen LogP contribution in [-0.2, 0) is 9.59 Å². The van der Waals surface area contributed by atoms with Crippen LogP contribution in [0.2, 0.25) is 0 Å². The zero-order valence-electron chi connectivity index (χ0n) is 18.1. The Labute approximate surface area is 186 Å². The fraction of sp³-hybridized carbons (Fsp3) is 0.375. The molecule has 3 amide bonds. The van der Waals surface area contributed by atoms with Crippen LogP contribution in [0.25, 0.3) is 0 Å². The van der Waals surface area contributed by atoms with E-state index < -0.39 is 16.8 Å². The van der Waals surface area contributed by atoms with Crippen LogP contribution in [0, 0.1) is 0 Å². The van der Waals surface area contributed by atoms with Gasteiger partial charge in [-0.25, -0.2) is 0 Å². The van der Waals surface area contributed by atoms with Crippen LogP contribution in [-0.4, -0.2) is 39.5 Å². The van der Waals surface area contributed by atoms with E-state index in [4.69, 9.17) is 0 Å². The van der Waals surface area contributed by atoms with E-state index in [2.05, 4.69) is 10.6 Å². The maximum atomic E-state index is 13.6. The van der Waals surface area contributed by atoms with Crippen LogP contribution in [0.3, 0.4) is 0 Å². The lowest BCUT2D eigenvalue weighted by Gasteiger charge is -2.31. The number of nitrogens with one attached hydrogen (secondary N) is 2. The monoisotopic (exact) mass is 437 g/mol. The highest BCUT2D eigenvalue weighted by atomic mass is 32.2. The van der Waals surface area contributed by atoms with Crippen molar-refractivity contribution in [1.82, 2.24) is 15.5 Å². The Morgan fingerprint density at radius 2 is 1.65 bits per heavy atom. The topological polar surface area (TPSA) is 78.5 Å². The predicted octanol–water partition coefficient (Wildman–Crippen LogP) is 3.42. The fourth-order valence-electron chi connectivity index (χ4n) is 4.34. The summed E-state index contributed by atoms with van der Waals surface area (Å²) < 4.78 is -0.506. The lowest BCUT2D eigenvalue weighted by Crippen LogP contribution is -2.54. The van der Waals surface area contributed by atoms with Gasteiger partial charge in [0.2, 0.25) is 11.8 Å². The minimum absolute atomic E-state index is 0.0619. The van der Waals surface area contributed by atoms with Crippen LogP contribution >= 0.6 is 11.8 Å². The molecule has 2 aliphatic heterocycles. The van der Waals surface area contributed by atoms with E-state index in [1.165, 1.54) is 0 Å². The summed E-state index contributed by atoms with van der Waals surface area (Å²) in [4.78, 5) is 41.3. The Bertz CT molecular complexity index is 1020. The molecule has 6 nitrogen and oxygen atoms in total. The number of nitrogens with zero attached hydrogens (tertiary/aromatic N) is 1. The van der Waals surface area contributed by atoms with Crippen molar-refractivity contribution in [1.29, 1.82) is 0 Å². The number of carbonyl (C=O) groups is 3. The quantitative estimate of drug-likeness (QED) is 0.751. The second kappa shape index (κ2) is 8.04. The van der Waals surface area contributed by atoms with Gasteiger partial charge in [0.05, 0.1) is 0 Å². The second-order valence-corrected chi connectivity index (χ2v) is 10.5. The highest BCUT2D eigenvalue weighted by Crippen LogP contribution is 2.56. The van der Waals surface area contributed by atoms with Crippen LogP contribution in [0.15, 0.2) is 54.6 Å². The van der Waals surface area contributed by atoms with E-state index in [1.54, 1.807) is 22.7 Å². The van der Waals surface area contributed by atoms with E-state index >= 15 is 0 Å². The lowest BCUT2D eigenvalue weighted by atomic mass is 9.99. The van der Waals surface area contributed by atoms with Gasteiger partial charge in [-0.2, -0.15) is 0 Å². The number of fused-ring (bicyclic) bond motifs is 3. The van der Waals surface area contributed by atoms with Crippen molar-refractivity contribution >= 4 is 29.5 Å². The van der Waals surface area contributed by atoms with E-state index in [-0.39, 0.29) is 29.1 Å². The van der Waals surface area contributed by atoms with Crippen molar-refractivity contribution in [3.8, 4) is 0 Å². The van der Waals surface area contributed by atoms with Crippen molar-refractivity contribution < 1.29 is 14.4 Å². The molecule has 0 bridgehead atoms. The highest BCUT2D eigenvalue weighted by Gasteiger charge is 2.57. The van der Waals surface area contributed by atoms with Gasteiger partial charge in [0.1, 0.15) is 17.5 Å². The van der Waals surface area contributed by atoms with Gasteiger partial charge in [-0.3, -0.25) is 14.4 Å². The second-order valence-electron chi connectivity index (χ2n) is 8.79. The number of benzene rings is 2. The van der Waals surface area contributed by atoms with E-state index in [1.807, 2.05) is 76.2 Å². The molecule has 7 heteroatoms. The van der Waals surface area contributed by atoms with Crippen molar-refractivity contribution in [2.45, 2.75) is 55.9 Å². The minimum Gasteiger partial charge on any atom is -0.352 e. The molecule has 3 atom stereocenters. The first-order valence-corrected chi connectivity index (χ1v) is 11.3. The van der Waals surface area contributed by atoms with E-state index in [0.717, 1.165) is 5.56 Å². The summed E-state index contributed by atoms with van der Waals surface area (Å²) in [6, 6.07) is 15.1. The lowest BCUT2D eigenvalue weighted by molar-refractivity contribution is -0.132. The first-order valence-electron chi connectivity index (χ1n) is 10.5. The Morgan fingerprint density at radius 3 is 2.32 bits per heavy atom. The maximum absolute atomic E-state index is 13.6. The molecule has 1 fully saturated rings. The summed E-state index contributed by atoms with van der Waals surface area (Å²) in [5.41, 5.74) is 2.29. The Hall–Kier alpha value is -2.80. The summed E-state index contributed by atoms with van der Waals surface area (Å²) in [5.74, 6) is -0.735. The number of thioether (sulfide) groups is 1. The molecule has 2 aliphatic rings. The normalized spacial score (nSPS) is 22.1. The highest BCUT2D eigenvalue weighted by molar-refractivity contribution is 8.01. The van der Waals surface area contributed by atoms with Crippen molar-refractivity contribution in [2.24, 2.45) is 0 Å². The summed E-state index contributed by atoms with van der Waals surface area (Å²) in [5, 5.41) is 5.63. The zero-order chi connectivity index (χ0) is 22.3. The number of hydrogen-bond acceptors (Lipinski definition) is 4. The smallest absolute Gasteiger partial charge is 0.256 e. The molecule has 0 aromatic heterocycles. The maximum Gasteiger partial charge on any atom is 0.256 e. The van der Waals surface area contributed by atoms with Crippen molar-refractivity contribution in [3.63, 3.8) is 0 Å². The largest absolute Gasteiger partial charge is 0.352 e. The van der Waals surface area contributed by atoms with Crippen molar-refractivity contribution in [3.05, 3.63) is 71.3 Å². The molecule has 0 spiro atoms. The molecule has 0 radical (unpaired) electrons. The molecular formula is C24H27N3O3S. The van der Waals surface area contributed by atoms with Crippen LogP contribution in [0.1, 0.15) is 60.6 Å². The van der Waals surface area contributed by atoms with Crippen LogP contribution < -0.4 is 10.6 Å². The molecule has 4 rings (SSSR count). The molecule has 2 N–H and O–H groups in total. The summed E-state index contributed by atoms with van der Waals surface area (Å²) in [6.45, 7) is 7.70. The molecular weight excluding hydrogens is 410 g/mol. The third-order valence-corrected chi connectivity index (χ3v) is 7.19. The molecule has 1 saturated heterocycles. The Kier molecular flexibility index (Phi) is 5.56. The Balaban J connectivity index is 1.64.